The van der Waals surface area contributed by atoms with Crippen molar-refractivity contribution >= 4 is 60.8 Å². The molecule has 226 valence electrons. The number of fused-ring (bicyclic) bond motifs is 1. The molecule has 1 unspecified atom stereocenters. The van der Waals surface area contributed by atoms with Gasteiger partial charge in [-0.25, -0.2) is 19.7 Å². The van der Waals surface area contributed by atoms with E-state index < -0.39 is 30.4 Å². The largest absolute Gasteiger partial charge is 0.415 e. The van der Waals surface area contributed by atoms with Gasteiger partial charge in [-0.2, -0.15) is 0 Å². The topological polar surface area (TPSA) is 178 Å². The minimum atomic E-state index is -1.42. The number of anilines is 1. The van der Waals surface area contributed by atoms with Crippen molar-refractivity contribution in [1.29, 1.82) is 0 Å². The smallest absolute Gasteiger partial charge is 0.409 e. The van der Waals surface area contributed by atoms with E-state index in [1.165, 1.54) is 10.9 Å². The van der Waals surface area contributed by atoms with Gasteiger partial charge in [-0.1, -0.05) is 21.9 Å². The highest BCUT2D eigenvalue weighted by Crippen LogP contribution is 2.33. The van der Waals surface area contributed by atoms with Crippen molar-refractivity contribution in [1.82, 2.24) is 29.7 Å². The number of aliphatic hydroxyl groups is 2. The Kier molecular flexibility index (Phi) is 8.56. The van der Waals surface area contributed by atoms with Crippen LogP contribution in [0.3, 0.4) is 0 Å². The zero-order valence-corrected chi connectivity index (χ0v) is 26.0. The molecule has 3 fully saturated rings. The van der Waals surface area contributed by atoms with Crippen molar-refractivity contribution in [3.63, 3.8) is 0 Å². The van der Waals surface area contributed by atoms with E-state index in [2.05, 4.69) is 64.0 Å². The SMILES string of the molecule is Nc1nc(C#CCC2CCN(C(=O)Oc3ccc(Br)cc3Br)CC2)nc2c1ncn2[C@@H]1O[C@H](C(=O)NC2CC2)C(O)[C@@H]1O. The fraction of sp³-hybridized carbons (Fsp3) is 0.464. The number of nitrogens with two attached hydrogens (primary N) is 1. The molecule has 2 saturated heterocycles. The Morgan fingerprint density at radius 2 is 1.91 bits per heavy atom. The Morgan fingerprint density at radius 1 is 1.14 bits per heavy atom. The number of carbonyl (C=O) groups excluding carboxylic acids is 2. The second-order valence-electron chi connectivity index (χ2n) is 10.8. The molecule has 43 heavy (non-hydrogen) atoms. The van der Waals surface area contributed by atoms with Crippen LogP contribution in [-0.2, 0) is 9.53 Å². The molecule has 4 atom stereocenters. The first kappa shape index (κ1) is 29.8. The Hall–Kier alpha value is -3.29. The number of piperidine rings is 1. The van der Waals surface area contributed by atoms with Gasteiger partial charge in [0.05, 0.1) is 10.8 Å². The average molecular weight is 719 g/mol. The number of carbonyl (C=O) groups is 2. The number of ether oxygens (including phenoxy) is 2. The van der Waals surface area contributed by atoms with Crippen LogP contribution in [0, 0.1) is 17.8 Å². The summed E-state index contributed by atoms with van der Waals surface area (Å²) in [6, 6.07) is 5.43. The van der Waals surface area contributed by atoms with Gasteiger partial charge in [0.25, 0.3) is 5.91 Å². The van der Waals surface area contributed by atoms with Gasteiger partial charge in [0.2, 0.25) is 5.82 Å². The van der Waals surface area contributed by atoms with E-state index in [9.17, 15) is 19.8 Å². The summed E-state index contributed by atoms with van der Waals surface area (Å²) in [4.78, 5) is 39.8. The van der Waals surface area contributed by atoms with Crippen LogP contribution < -0.4 is 15.8 Å². The van der Waals surface area contributed by atoms with Crippen molar-refractivity contribution in [2.24, 2.45) is 5.92 Å². The van der Waals surface area contributed by atoms with Crippen LogP contribution in [-0.4, -0.2) is 84.1 Å². The monoisotopic (exact) mass is 717 g/mol. The standard InChI is InChI=1S/C28H29Br2N7O6/c29-15-4-7-18(17(30)12-15)42-28(41)36-10-8-14(9-11-36)2-1-3-19-34-24(31)20-25(35-19)37(13-32-20)27-22(39)21(38)23(43-27)26(40)33-16-5-6-16/h4,7,12-14,16,21-23,27,38-39H,2,5-6,8-11H2,(H,33,40)(H2,31,34,35)/t21?,22-,23-,27+/m0/s1. The van der Waals surface area contributed by atoms with Crippen LogP contribution in [0.2, 0.25) is 0 Å². The van der Waals surface area contributed by atoms with Gasteiger partial charge < -0.3 is 35.6 Å². The number of nitrogens with one attached hydrogen (secondary N) is 1. The molecule has 15 heteroatoms. The summed E-state index contributed by atoms with van der Waals surface area (Å²) in [5, 5.41) is 24.0. The van der Waals surface area contributed by atoms with Gasteiger partial charge in [-0.05, 0) is 71.7 Å². The normalized spacial score (nSPS) is 24.0. The molecule has 0 spiro atoms. The Morgan fingerprint density at radius 3 is 2.63 bits per heavy atom. The van der Waals surface area contributed by atoms with E-state index in [-0.39, 0.29) is 40.9 Å². The minimum absolute atomic E-state index is 0.0802. The highest BCUT2D eigenvalue weighted by Gasteiger charge is 2.48. The molecule has 5 N–H and O–H groups in total. The molecular weight excluding hydrogens is 690 g/mol. The number of nitrogen functional groups attached to an aromatic ring is 1. The van der Waals surface area contributed by atoms with Gasteiger partial charge in [0.15, 0.2) is 23.8 Å². The van der Waals surface area contributed by atoms with E-state index >= 15 is 0 Å². The lowest BCUT2D eigenvalue weighted by Gasteiger charge is -2.30. The van der Waals surface area contributed by atoms with Gasteiger partial charge in [0, 0.05) is 30.0 Å². The minimum Gasteiger partial charge on any atom is -0.409 e. The predicted molar refractivity (Wildman–Crippen MR) is 160 cm³/mol. The predicted octanol–water partition coefficient (Wildman–Crippen LogP) is 2.48. The summed E-state index contributed by atoms with van der Waals surface area (Å²) in [5.41, 5.74) is 6.68. The molecule has 2 aliphatic heterocycles. The van der Waals surface area contributed by atoms with E-state index in [4.69, 9.17) is 15.2 Å². The third-order valence-electron chi connectivity index (χ3n) is 7.70. The van der Waals surface area contributed by atoms with Gasteiger partial charge in [0.1, 0.15) is 23.5 Å². The third kappa shape index (κ3) is 6.48. The number of rotatable bonds is 5. The molecule has 13 nitrogen and oxygen atoms in total. The maximum absolute atomic E-state index is 12.6. The molecular formula is C28H29Br2N7O6. The summed E-state index contributed by atoms with van der Waals surface area (Å²) < 4.78 is 14.3. The van der Waals surface area contributed by atoms with Gasteiger partial charge >= 0.3 is 6.09 Å². The molecule has 0 radical (unpaired) electrons. The quantitative estimate of drug-likeness (QED) is 0.287. The van der Waals surface area contributed by atoms with Crippen molar-refractivity contribution < 1.29 is 29.3 Å². The van der Waals surface area contributed by atoms with Crippen molar-refractivity contribution in [3.8, 4) is 17.6 Å². The first-order valence-electron chi connectivity index (χ1n) is 13.9. The third-order valence-corrected chi connectivity index (χ3v) is 8.81. The van der Waals surface area contributed by atoms with Crippen molar-refractivity contribution in [2.45, 2.75) is 62.7 Å². The van der Waals surface area contributed by atoms with Crippen molar-refractivity contribution in [3.05, 3.63) is 39.3 Å². The average Bonchev–Trinajstić information content (AvgIpc) is 3.62. The van der Waals surface area contributed by atoms with Crippen LogP contribution in [0.25, 0.3) is 11.2 Å². The van der Waals surface area contributed by atoms with E-state index in [0.29, 0.717) is 29.7 Å². The maximum atomic E-state index is 12.6. The molecule has 4 heterocycles. The number of benzene rings is 1. The van der Waals surface area contributed by atoms with Crippen LogP contribution in [0.5, 0.6) is 5.75 Å². The first-order valence-corrected chi connectivity index (χ1v) is 15.5. The summed E-state index contributed by atoms with van der Waals surface area (Å²) in [7, 11) is 0. The fourth-order valence-electron chi connectivity index (χ4n) is 5.11. The lowest BCUT2D eigenvalue weighted by Crippen LogP contribution is -2.43. The molecule has 3 aromatic rings. The Balaban J connectivity index is 1.08. The molecule has 0 bridgehead atoms. The summed E-state index contributed by atoms with van der Waals surface area (Å²) >= 11 is 6.79. The number of amides is 2. The van der Waals surface area contributed by atoms with E-state index in [1.54, 1.807) is 11.0 Å². The van der Waals surface area contributed by atoms with Crippen LogP contribution >= 0.6 is 31.9 Å². The van der Waals surface area contributed by atoms with E-state index in [0.717, 1.165) is 30.2 Å². The van der Waals surface area contributed by atoms with E-state index in [1.807, 2.05) is 12.1 Å². The molecule has 2 amide bonds. The lowest BCUT2D eigenvalue weighted by molar-refractivity contribution is -0.137. The fourth-order valence-corrected chi connectivity index (χ4v) is 6.24. The lowest BCUT2D eigenvalue weighted by atomic mass is 9.94. The molecule has 2 aromatic heterocycles. The Labute approximate surface area is 263 Å². The number of likely N-dealkylation sites (tertiary alicyclic amines) is 1. The summed E-state index contributed by atoms with van der Waals surface area (Å²) in [6.07, 6.45) is -0.270. The molecule has 1 aliphatic carbocycles. The number of halogens is 2. The highest BCUT2D eigenvalue weighted by atomic mass is 79.9. The zero-order valence-electron chi connectivity index (χ0n) is 22.8. The number of aliphatic hydroxyl groups excluding tert-OH is 2. The number of hydrogen-bond donors (Lipinski definition) is 4. The highest BCUT2D eigenvalue weighted by molar-refractivity contribution is 9.11. The zero-order chi connectivity index (χ0) is 30.2. The van der Waals surface area contributed by atoms with Gasteiger partial charge in [-0.3, -0.25) is 9.36 Å². The van der Waals surface area contributed by atoms with Crippen LogP contribution in [0.4, 0.5) is 10.6 Å². The number of hydrogen-bond acceptors (Lipinski definition) is 10. The van der Waals surface area contributed by atoms with Crippen molar-refractivity contribution in [2.75, 3.05) is 18.8 Å². The van der Waals surface area contributed by atoms with Crippen LogP contribution in [0.15, 0.2) is 33.5 Å². The molecule has 1 saturated carbocycles. The first-order chi connectivity index (χ1) is 20.7. The number of nitrogens with zero attached hydrogens (tertiary/aromatic N) is 5. The second kappa shape index (κ2) is 12.4. The number of aromatic nitrogens is 4. The molecule has 6 rings (SSSR count). The molecule has 3 aliphatic rings. The van der Waals surface area contributed by atoms with Crippen LogP contribution in [0.1, 0.15) is 44.2 Å². The molecule has 1 aromatic carbocycles. The number of imidazole rings is 1. The summed E-state index contributed by atoms with van der Waals surface area (Å²) in [5.74, 6) is 6.63. The maximum Gasteiger partial charge on any atom is 0.415 e. The second-order valence-corrected chi connectivity index (χ2v) is 12.6. The van der Waals surface area contributed by atoms with Gasteiger partial charge in [-0.15, -0.1) is 0 Å². The summed E-state index contributed by atoms with van der Waals surface area (Å²) in [6.45, 7) is 1.12. The Bertz CT molecular complexity index is 1610.